The Morgan fingerprint density at radius 3 is 2.50 bits per heavy atom. The van der Waals surface area contributed by atoms with E-state index in [1.54, 1.807) is 7.11 Å². The van der Waals surface area contributed by atoms with Crippen molar-refractivity contribution in [3.05, 3.63) is 29.3 Å². The van der Waals surface area contributed by atoms with Gasteiger partial charge in [0.05, 0.1) is 13.2 Å². The van der Waals surface area contributed by atoms with Crippen LogP contribution in [-0.4, -0.2) is 45.6 Å². The molecular weight excluding hydrogens is 254 g/mol. The molecule has 0 amide bonds. The fraction of sp³-hybridized carbons (Fsp3) is 0.625. The summed E-state index contributed by atoms with van der Waals surface area (Å²) in [6.07, 6.45) is 1.18. The lowest BCUT2D eigenvalue weighted by Gasteiger charge is -2.44. The lowest BCUT2D eigenvalue weighted by atomic mass is 9.85. The molecular formula is C16H25NO3. The number of rotatable bonds is 7. The van der Waals surface area contributed by atoms with Crippen LogP contribution in [0.25, 0.3) is 0 Å². The normalized spacial score (nSPS) is 25.3. The van der Waals surface area contributed by atoms with Gasteiger partial charge in [-0.15, -0.1) is 0 Å². The van der Waals surface area contributed by atoms with E-state index in [0.29, 0.717) is 19.3 Å². The summed E-state index contributed by atoms with van der Waals surface area (Å²) in [5.41, 5.74) is 2.35. The summed E-state index contributed by atoms with van der Waals surface area (Å²) in [5, 5.41) is 3.28. The van der Waals surface area contributed by atoms with Crippen LogP contribution in [0.15, 0.2) is 18.2 Å². The van der Waals surface area contributed by atoms with Gasteiger partial charge in [0.2, 0.25) is 0 Å². The number of para-hydroxylation sites is 1. The monoisotopic (exact) mass is 279 g/mol. The smallest absolute Gasteiger partial charge is 0.128 e. The number of ether oxygens (including phenoxy) is 3. The van der Waals surface area contributed by atoms with Gasteiger partial charge in [-0.1, -0.05) is 18.2 Å². The van der Waals surface area contributed by atoms with Crippen molar-refractivity contribution in [3.8, 4) is 5.75 Å². The van der Waals surface area contributed by atoms with Crippen molar-refractivity contribution in [3.63, 3.8) is 0 Å². The van der Waals surface area contributed by atoms with Gasteiger partial charge >= 0.3 is 0 Å². The minimum atomic E-state index is 0.0918. The first-order chi connectivity index (χ1) is 9.67. The average molecular weight is 279 g/mol. The van der Waals surface area contributed by atoms with Gasteiger partial charge in [-0.05, 0) is 32.0 Å². The van der Waals surface area contributed by atoms with Crippen LogP contribution in [0.1, 0.15) is 17.5 Å². The Bertz CT molecular complexity index is 415. The van der Waals surface area contributed by atoms with Crippen LogP contribution in [0, 0.1) is 13.8 Å². The molecule has 4 heteroatoms. The predicted molar refractivity (Wildman–Crippen MR) is 79.4 cm³/mol. The van der Waals surface area contributed by atoms with Gasteiger partial charge in [-0.25, -0.2) is 0 Å². The number of likely N-dealkylation sites (N-methyl/N-ethyl adjacent to an activating group) is 1. The molecule has 0 aromatic heterocycles. The summed E-state index contributed by atoms with van der Waals surface area (Å²) in [5.74, 6) is 0.993. The van der Waals surface area contributed by atoms with Crippen LogP contribution in [0.4, 0.5) is 0 Å². The van der Waals surface area contributed by atoms with Crippen molar-refractivity contribution in [1.29, 1.82) is 0 Å². The molecule has 0 spiro atoms. The first-order valence-electron chi connectivity index (χ1n) is 7.18. The van der Waals surface area contributed by atoms with Crippen LogP contribution in [0.2, 0.25) is 0 Å². The zero-order valence-corrected chi connectivity index (χ0v) is 12.8. The summed E-state index contributed by atoms with van der Waals surface area (Å²) in [4.78, 5) is 0. The van der Waals surface area contributed by atoms with E-state index in [1.165, 1.54) is 11.1 Å². The lowest BCUT2D eigenvalue weighted by molar-refractivity contribution is -0.114. The highest BCUT2D eigenvalue weighted by atomic mass is 16.6. The molecule has 4 nitrogen and oxygen atoms in total. The van der Waals surface area contributed by atoms with Crippen molar-refractivity contribution >= 4 is 0 Å². The van der Waals surface area contributed by atoms with E-state index in [9.17, 15) is 0 Å². The number of hydrogen-bond donors (Lipinski definition) is 1. The third-order valence-corrected chi connectivity index (χ3v) is 3.90. The maximum atomic E-state index is 6.18. The van der Waals surface area contributed by atoms with E-state index in [4.69, 9.17) is 14.2 Å². The van der Waals surface area contributed by atoms with Crippen molar-refractivity contribution < 1.29 is 14.2 Å². The summed E-state index contributed by atoms with van der Waals surface area (Å²) in [6, 6.07) is 6.58. The molecule has 1 aliphatic rings. The number of nitrogens with one attached hydrogen (secondary N) is 1. The van der Waals surface area contributed by atoms with Gasteiger partial charge in [-0.3, -0.25) is 0 Å². The molecule has 3 unspecified atom stereocenters. The highest BCUT2D eigenvalue weighted by Gasteiger charge is 2.43. The zero-order valence-electron chi connectivity index (χ0n) is 12.8. The fourth-order valence-electron chi connectivity index (χ4n) is 2.61. The molecule has 0 aliphatic heterocycles. The second-order valence-electron chi connectivity index (χ2n) is 5.34. The minimum Gasteiger partial charge on any atom is -0.487 e. The molecule has 0 bridgehead atoms. The second kappa shape index (κ2) is 7.07. The third kappa shape index (κ3) is 3.32. The van der Waals surface area contributed by atoms with Crippen LogP contribution in [-0.2, 0) is 9.47 Å². The molecule has 1 aliphatic carbocycles. The molecule has 1 aromatic carbocycles. The molecule has 112 valence electrons. The van der Waals surface area contributed by atoms with Gasteiger partial charge in [0.1, 0.15) is 18.0 Å². The molecule has 0 saturated heterocycles. The SMILES string of the molecule is CNC1CC(Oc2c(C)cccc2C)C1OCCOC. The molecule has 0 radical (unpaired) electrons. The Kier molecular flexibility index (Phi) is 5.40. The van der Waals surface area contributed by atoms with Crippen molar-refractivity contribution in [1.82, 2.24) is 5.32 Å². The van der Waals surface area contributed by atoms with Crippen molar-refractivity contribution in [2.45, 2.75) is 38.5 Å². The van der Waals surface area contributed by atoms with Gasteiger partial charge < -0.3 is 19.5 Å². The van der Waals surface area contributed by atoms with E-state index >= 15 is 0 Å². The first-order valence-corrected chi connectivity index (χ1v) is 7.18. The first kappa shape index (κ1) is 15.3. The van der Waals surface area contributed by atoms with E-state index in [0.717, 1.165) is 12.2 Å². The van der Waals surface area contributed by atoms with E-state index in [1.807, 2.05) is 7.05 Å². The van der Waals surface area contributed by atoms with Crippen molar-refractivity contribution in [2.75, 3.05) is 27.4 Å². The van der Waals surface area contributed by atoms with Crippen LogP contribution in [0.3, 0.4) is 0 Å². The Morgan fingerprint density at radius 2 is 1.90 bits per heavy atom. The standard InChI is InChI=1S/C16H25NO3/c1-11-6-5-7-12(2)15(11)20-14-10-13(17-3)16(14)19-9-8-18-4/h5-7,13-14,16-17H,8-10H2,1-4H3. The second-order valence-corrected chi connectivity index (χ2v) is 5.34. The van der Waals surface area contributed by atoms with Crippen LogP contribution in [0.5, 0.6) is 5.75 Å². The van der Waals surface area contributed by atoms with E-state index < -0.39 is 0 Å². The summed E-state index contributed by atoms with van der Waals surface area (Å²) in [7, 11) is 3.65. The molecule has 2 rings (SSSR count). The molecule has 1 fully saturated rings. The number of methoxy groups -OCH3 is 1. The molecule has 3 atom stereocenters. The highest BCUT2D eigenvalue weighted by Crippen LogP contribution is 2.32. The Labute approximate surface area is 121 Å². The maximum absolute atomic E-state index is 6.18. The summed E-state index contributed by atoms with van der Waals surface area (Å²) in [6.45, 7) is 5.38. The minimum absolute atomic E-state index is 0.0918. The molecule has 0 heterocycles. The quantitative estimate of drug-likeness (QED) is 0.776. The Morgan fingerprint density at radius 1 is 1.20 bits per heavy atom. The van der Waals surface area contributed by atoms with E-state index in [-0.39, 0.29) is 12.2 Å². The molecule has 1 aromatic rings. The number of aryl methyl sites for hydroxylation is 2. The largest absolute Gasteiger partial charge is 0.487 e. The molecule has 1 saturated carbocycles. The topological polar surface area (TPSA) is 39.7 Å². The van der Waals surface area contributed by atoms with Gasteiger partial charge in [0, 0.05) is 19.6 Å². The molecule has 20 heavy (non-hydrogen) atoms. The predicted octanol–water partition coefficient (Wildman–Crippen LogP) is 2.07. The third-order valence-electron chi connectivity index (χ3n) is 3.90. The van der Waals surface area contributed by atoms with Gasteiger partial charge in [0.15, 0.2) is 0 Å². The number of benzene rings is 1. The maximum Gasteiger partial charge on any atom is 0.128 e. The van der Waals surface area contributed by atoms with Crippen LogP contribution >= 0.6 is 0 Å². The van der Waals surface area contributed by atoms with E-state index in [2.05, 4.69) is 37.4 Å². The Hall–Kier alpha value is -1.10. The van der Waals surface area contributed by atoms with Crippen molar-refractivity contribution in [2.24, 2.45) is 0 Å². The molecule has 1 N–H and O–H groups in total. The average Bonchev–Trinajstić information content (AvgIpc) is 2.41. The fourth-order valence-corrected chi connectivity index (χ4v) is 2.61. The summed E-state index contributed by atoms with van der Waals surface area (Å²) >= 11 is 0. The lowest BCUT2D eigenvalue weighted by Crippen LogP contribution is -2.60. The zero-order chi connectivity index (χ0) is 14.5. The Balaban J connectivity index is 1.98. The van der Waals surface area contributed by atoms with Gasteiger partial charge in [-0.2, -0.15) is 0 Å². The summed E-state index contributed by atoms with van der Waals surface area (Å²) < 4.78 is 17.1. The van der Waals surface area contributed by atoms with Crippen LogP contribution < -0.4 is 10.1 Å². The number of hydrogen-bond acceptors (Lipinski definition) is 4. The van der Waals surface area contributed by atoms with Gasteiger partial charge in [0.25, 0.3) is 0 Å². The highest BCUT2D eigenvalue weighted by molar-refractivity contribution is 5.40.